The summed E-state index contributed by atoms with van der Waals surface area (Å²) in [4.78, 5) is 8.27. The maximum absolute atomic E-state index is 4.73. The molecule has 0 saturated carbocycles. The molecule has 0 aliphatic heterocycles. The zero-order chi connectivity index (χ0) is 12.5. The van der Waals surface area contributed by atoms with Crippen LogP contribution in [0.15, 0.2) is 36.4 Å². The first-order chi connectivity index (χ1) is 8.83. The molecular weight excluding hydrogens is 256 g/mol. The molecule has 1 aromatic heterocycles. The molecule has 0 unspecified atom stereocenters. The van der Waals surface area contributed by atoms with Crippen LogP contribution in [0.5, 0.6) is 0 Å². The van der Waals surface area contributed by atoms with Crippen molar-refractivity contribution in [2.75, 3.05) is 0 Å². The smallest absolute Gasteiger partial charge is 0.233 e. The molecule has 19 heavy (non-hydrogen) atoms. The summed E-state index contributed by atoms with van der Waals surface area (Å²) in [6, 6.07) is 12.5. The first kappa shape index (κ1) is 13.8. The molecule has 3 aromatic rings. The molecular formula is C16H17ClN2. The number of nitrogens with zero attached hydrogens (tertiary/aromatic N) is 1. The minimum Gasteiger partial charge on any atom is -1.00 e. The van der Waals surface area contributed by atoms with Crippen LogP contribution in [0.3, 0.4) is 0 Å². The van der Waals surface area contributed by atoms with Gasteiger partial charge >= 0.3 is 0 Å². The third kappa shape index (κ3) is 2.28. The molecule has 0 amide bonds. The number of H-pyrrole nitrogens is 1. The second-order valence-corrected chi connectivity index (χ2v) is 4.56. The number of hydrogen-bond acceptors (Lipinski definition) is 1. The Bertz CT molecular complexity index is 722. The molecule has 0 bridgehead atoms. The van der Waals surface area contributed by atoms with Crippen molar-refractivity contribution in [1.82, 2.24) is 4.98 Å². The SMILES string of the molecule is CCc1ccc2nc3ccccc3[nH+]c2c1CC.[Cl-]. The summed E-state index contributed by atoms with van der Waals surface area (Å²) >= 11 is 0. The maximum atomic E-state index is 4.73. The van der Waals surface area contributed by atoms with Gasteiger partial charge in [-0.25, -0.2) is 9.97 Å². The molecule has 1 N–H and O–H groups in total. The van der Waals surface area contributed by atoms with E-state index in [1.807, 2.05) is 18.2 Å². The Morgan fingerprint density at radius 3 is 2.47 bits per heavy atom. The number of aromatic amines is 1. The topological polar surface area (TPSA) is 27.0 Å². The van der Waals surface area contributed by atoms with Crippen molar-refractivity contribution >= 4 is 22.1 Å². The number of nitrogens with one attached hydrogen (secondary N) is 1. The van der Waals surface area contributed by atoms with Gasteiger partial charge in [-0.2, -0.15) is 0 Å². The highest BCUT2D eigenvalue weighted by molar-refractivity contribution is 5.83. The normalized spacial score (nSPS) is 10.6. The lowest BCUT2D eigenvalue weighted by Crippen LogP contribution is -3.00. The largest absolute Gasteiger partial charge is 1.00 e. The van der Waals surface area contributed by atoms with Crippen molar-refractivity contribution < 1.29 is 17.4 Å². The second-order valence-electron chi connectivity index (χ2n) is 4.56. The molecule has 2 nitrogen and oxygen atoms in total. The Morgan fingerprint density at radius 1 is 0.947 bits per heavy atom. The molecule has 0 fully saturated rings. The van der Waals surface area contributed by atoms with E-state index in [1.165, 1.54) is 16.6 Å². The van der Waals surface area contributed by atoms with E-state index in [0.717, 1.165) is 29.4 Å². The maximum Gasteiger partial charge on any atom is 0.233 e. The van der Waals surface area contributed by atoms with Crippen LogP contribution in [0, 0.1) is 0 Å². The van der Waals surface area contributed by atoms with Crippen molar-refractivity contribution in [3.05, 3.63) is 47.5 Å². The van der Waals surface area contributed by atoms with Crippen LogP contribution in [-0.4, -0.2) is 4.98 Å². The van der Waals surface area contributed by atoms with E-state index in [2.05, 4.69) is 37.0 Å². The van der Waals surface area contributed by atoms with Crippen LogP contribution >= 0.6 is 0 Å². The quantitative estimate of drug-likeness (QED) is 0.618. The van der Waals surface area contributed by atoms with Crippen molar-refractivity contribution in [1.29, 1.82) is 0 Å². The van der Waals surface area contributed by atoms with E-state index >= 15 is 0 Å². The van der Waals surface area contributed by atoms with Crippen LogP contribution in [0.4, 0.5) is 0 Å². The average Bonchev–Trinajstić information content (AvgIpc) is 2.43. The molecule has 0 aliphatic carbocycles. The second kappa shape index (κ2) is 5.54. The highest BCUT2D eigenvalue weighted by Crippen LogP contribution is 2.20. The lowest BCUT2D eigenvalue weighted by Gasteiger charge is -2.05. The van der Waals surface area contributed by atoms with E-state index < -0.39 is 0 Å². The molecule has 0 radical (unpaired) electrons. The minimum atomic E-state index is 0. The summed E-state index contributed by atoms with van der Waals surface area (Å²) in [6.45, 7) is 4.41. The molecule has 3 rings (SSSR count). The van der Waals surface area contributed by atoms with E-state index in [1.54, 1.807) is 0 Å². The molecule has 0 spiro atoms. The number of aromatic nitrogens is 2. The monoisotopic (exact) mass is 272 g/mol. The Hall–Kier alpha value is -1.67. The number of aryl methyl sites for hydroxylation is 2. The van der Waals surface area contributed by atoms with Gasteiger partial charge in [0.2, 0.25) is 11.0 Å². The third-order valence-electron chi connectivity index (χ3n) is 3.53. The Morgan fingerprint density at radius 2 is 1.74 bits per heavy atom. The highest BCUT2D eigenvalue weighted by atomic mass is 35.5. The number of hydrogen-bond donors (Lipinski definition) is 0. The molecule has 0 saturated heterocycles. The van der Waals surface area contributed by atoms with E-state index in [9.17, 15) is 0 Å². The van der Waals surface area contributed by atoms with E-state index in [4.69, 9.17) is 4.98 Å². The minimum absolute atomic E-state index is 0. The van der Waals surface area contributed by atoms with Gasteiger partial charge in [-0.15, -0.1) is 0 Å². The molecule has 3 heteroatoms. The first-order valence-electron chi connectivity index (χ1n) is 6.56. The van der Waals surface area contributed by atoms with E-state index in [0.29, 0.717) is 0 Å². The fraction of sp³-hybridized carbons (Fsp3) is 0.250. The summed E-state index contributed by atoms with van der Waals surface area (Å²) in [6.07, 6.45) is 2.11. The lowest BCUT2D eigenvalue weighted by atomic mass is 10.0. The summed E-state index contributed by atoms with van der Waals surface area (Å²) < 4.78 is 0. The van der Waals surface area contributed by atoms with Gasteiger partial charge in [-0.3, -0.25) is 0 Å². The van der Waals surface area contributed by atoms with Gasteiger partial charge < -0.3 is 12.4 Å². The number of rotatable bonds is 2. The zero-order valence-electron chi connectivity index (χ0n) is 11.2. The fourth-order valence-corrected chi connectivity index (χ4v) is 2.59. The van der Waals surface area contributed by atoms with Crippen molar-refractivity contribution in [3.8, 4) is 0 Å². The van der Waals surface area contributed by atoms with Crippen LogP contribution in [0.25, 0.3) is 22.1 Å². The number of halogens is 1. The predicted octanol–water partition coefficient (Wildman–Crippen LogP) is 0.331. The molecule has 2 aromatic carbocycles. The molecule has 0 aliphatic rings. The van der Waals surface area contributed by atoms with Gasteiger partial charge in [0.25, 0.3) is 0 Å². The zero-order valence-corrected chi connectivity index (χ0v) is 12.0. The van der Waals surface area contributed by atoms with Crippen molar-refractivity contribution in [2.24, 2.45) is 0 Å². The fourth-order valence-electron chi connectivity index (χ4n) is 2.59. The first-order valence-corrected chi connectivity index (χ1v) is 6.56. The van der Waals surface area contributed by atoms with Gasteiger partial charge in [0.05, 0.1) is 0 Å². The van der Waals surface area contributed by atoms with Gasteiger partial charge in [-0.1, -0.05) is 32.0 Å². The van der Waals surface area contributed by atoms with Gasteiger partial charge in [0.1, 0.15) is 11.0 Å². The summed E-state index contributed by atoms with van der Waals surface area (Å²) in [5, 5.41) is 0. The third-order valence-corrected chi connectivity index (χ3v) is 3.53. The molecule has 1 heterocycles. The summed E-state index contributed by atoms with van der Waals surface area (Å²) in [5.41, 5.74) is 7.19. The highest BCUT2D eigenvalue weighted by Gasteiger charge is 2.13. The van der Waals surface area contributed by atoms with Gasteiger partial charge in [0, 0.05) is 11.6 Å². The summed E-state index contributed by atoms with van der Waals surface area (Å²) in [7, 11) is 0. The van der Waals surface area contributed by atoms with Crippen LogP contribution < -0.4 is 17.4 Å². The summed E-state index contributed by atoms with van der Waals surface area (Å²) in [5.74, 6) is 0. The van der Waals surface area contributed by atoms with Crippen LogP contribution in [0.1, 0.15) is 25.0 Å². The Kier molecular flexibility index (Phi) is 4.01. The standard InChI is InChI=1S/C16H16N2.ClH/c1-3-11-9-10-15-16(12(11)4-2)18-14-8-6-5-7-13(14)17-15;/h5-10H,3-4H2,1-2H3;1H. The molecule has 0 atom stereocenters. The molecule has 98 valence electrons. The van der Waals surface area contributed by atoms with Gasteiger partial charge in [0.15, 0.2) is 0 Å². The Balaban J connectivity index is 0.00000133. The van der Waals surface area contributed by atoms with Gasteiger partial charge in [-0.05, 0) is 30.5 Å². The number of fused-ring (bicyclic) bond motifs is 2. The number of para-hydroxylation sites is 2. The number of benzene rings is 2. The Labute approximate surface area is 119 Å². The predicted molar refractivity (Wildman–Crippen MR) is 74.6 cm³/mol. The van der Waals surface area contributed by atoms with Crippen molar-refractivity contribution in [2.45, 2.75) is 26.7 Å². The van der Waals surface area contributed by atoms with Crippen LogP contribution in [-0.2, 0) is 12.8 Å². The average molecular weight is 273 g/mol. The van der Waals surface area contributed by atoms with Crippen molar-refractivity contribution in [3.63, 3.8) is 0 Å². The van der Waals surface area contributed by atoms with E-state index in [-0.39, 0.29) is 12.4 Å². The lowest BCUT2D eigenvalue weighted by molar-refractivity contribution is -0.311. The van der Waals surface area contributed by atoms with Crippen LogP contribution in [0.2, 0.25) is 0 Å².